The second-order valence-corrected chi connectivity index (χ2v) is 5.28. The Morgan fingerprint density at radius 2 is 1.72 bits per heavy atom. The molecule has 100 valence electrons. The molecule has 0 bridgehead atoms. The lowest BCUT2D eigenvalue weighted by Gasteiger charge is -2.24. The molecule has 1 saturated carbocycles. The molecule has 18 heavy (non-hydrogen) atoms. The molecule has 1 aromatic carbocycles. The Morgan fingerprint density at radius 1 is 1.06 bits per heavy atom. The van der Waals surface area contributed by atoms with Crippen molar-refractivity contribution in [2.75, 3.05) is 7.05 Å². The molecule has 0 aliphatic heterocycles. The zero-order valence-electron chi connectivity index (χ0n) is 10.9. The van der Waals surface area contributed by atoms with Crippen molar-refractivity contribution in [2.45, 2.75) is 44.6 Å². The van der Waals surface area contributed by atoms with Crippen molar-refractivity contribution in [3.05, 3.63) is 35.4 Å². The average molecular weight is 253 g/mol. The fourth-order valence-corrected chi connectivity index (χ4v) is 3.04. The minimum absolute atomic E-state index is 0.471. The van der Waals surface area contributed by atoms with E-state index in [9.17, 15) is 8.78 Å². The zero-order chi connectivity index (χ0) is 13.0. The molecular weight excluding hydrogens is 232 g/mol. The summed E-state index contributed by atoms with van der Waals surface area (Å²) < 4.78 is 26.4. The number of rotatable bonds is 3. The summed E-state index contributed by atoms with van der Waals surface area (Å²) in [5.74, 6) is -0.460. The van der Waals surface area contributed by atoms with Crippen LogP contribution in [-0.4, -0.2) is 13.1 Å². The van der Waals surface area contributed by atoms with Crippen molar-refractivity contribution in [3.63, 3.8) is 0 Å². The van der Waals surface area contributed by atoms with E-state index >= 15 is 0 Å². The van der Waals surface area contributed by atoms with Gasteiger partial charge < -0.3 is 5.32 Å². The van der Waals surface area contributed by atoms with Crippen LogP contribution in [0.1, 0.15) is 37.7 Å². The van der Waals surface area contributed by atoms with Gasteiger partial charge in [0.2, 0.25) is 0 Å². The molecule has 0 amide bonds. The standard InChI is InChI=1S/C15H21F2N/c1-18-15-6-4-2-3-5-12(15)7-11-8-13(16)10-14(17)9-11/h8-10,12,15,18H,2-7H2,1H3. The van der Waals surface area contributed by atoms with Crippen molar-refractivity contribution in [1.82, 2.24) is 5.32 Å². The van der Waals surface area contributed by atoms with E-state index in [0.717, 1.165) is 24.5 Å². The predicted octanol–water partition coefficient (Wildman–Crippen LogP) is 3.68. The topological polar surface area (TPSA) is 12.0 Å². The van der Waals surface area contributed by atoms with E-state index in [1.807, 2.05) is 7.05 Å². The van der Waals surface area contributed by atoms with Crippen molar-refractivity contribution in [3.8, 4) is 0 Å². The van der Waals surface area contributed by atoms with Crippen LogP contribution in [0.15, 0.2) is 18.2 Å². The van der Waals surface area contributed by atoms with Gasteiger partial charge in [0.15, 0.2) is 0 Å². The number of hydrogen-bond acceptors (Lipinski definition) is 1. The van der Waals surface area contributed by atoms with E-state index in [1.165, 1.54) is 37.8 Å². The molecule has 2 unspecified atom stereocenters. The van der Waals surface area contributed by atoms with Gasteiger partial charge in [-0.05, 0) is 49.9 Å². The van der Waals surface area contributed by atoms with Gasteiger partial charge in [-0.25, -0.2) is 8.78 Å². The van der Waals surface area contributed by atoms with E-state index < -0.39 is 11.6 Å². The molecule has 1 aromatic rings. The highest BCUT2D eigenvalue weighted by Crippen LogP contribution is 2.27. The first-order valence-corrected chi connectivity index (χ1v) is 6.81. The van der Waals surface area contributed by atoms with Crippen molar-refractivity contribution < 1.29 is 8.78 Å². The molecule has 1 aliphatic rings. The summed E-state index contributed by atoms with van der Waals surface area (Å²) in [5, 5.41) is 3.36. The highest BCUT2D eigenvalue weighted by molar-refractivity contribution is 5.18. The summed E-state index contributed by atoms with van der Waals surface area (Å²) in [6.07, 6.45) is 6.81. The van der Waals surface area contributed by atoms with E-state index in [0.29, 0.717) is 12.0 Å². The van der Waals surface area contributed by atoms with Crippen LogP contribution in [0, 0.1) is 17.6 Å². The fraction of sp³-hybridized carbons (Fsp3) is 0.600. The van der Waals surface area contributed by atoms with Gasteiger partial charge in [-0.3, -0.25) is 0 Å². The van der Waals surface area contributed by atoms with Gasteiger partial charge in [0.25, 0.3) is 0 Å². The summed E-state index contributed by atoms with van der Waals surface area (Å²) >= 11 is 0. The first-order chi connectivity index (χ1) is 8.69. The minimum Gasteiger partial charge on any atom is -0.317 e. The molecule has 1 nitrogen and oxygen atoms in total. The van der Waals surface area contributed by atoms with Gasteiger partial charge in [0, 0.05) is 12.1 Å². The van der Waals surface area contributed by atoms with E-state index in [1.54, 1.807) is 0 Å². The Hall–Kier alpha value is -0.960. The maximum atomic E-state index is 13.2. The largest absolute Gasteiger partial charge is 0.317 e. The van der Waals surface area contributed by atoms with Gasteiger partial charge in [-0.15, -0.1) is 0 Å². The Labute approximate surface area is 108 Å². The average Bonchev–Trinajstić information content (AvgIpc) is 2.52. The Morgan fingerprint density at radius 3 is 2.39 bits per heavy atom. The van der Waals surface area contributed by atoms with Crippen molar-refractivity contribution in [1.29, 1.82) is 0 Å². The molecule has 0 radical (unpaired) electrons. The van der Waals surface area contributed by atoms with E-state index in [-0.39, 0.29) is 0 Å². The lowest BCUT2D eigenvalue weighted by Crippen LogP contribution is -2.33. The monoisotopic (exact) mass is 253 g/mol. The number of benzene rings is 1. The first-order valence-electron chi connectivity index (χ1n) is 6.81. The Kier molecular flexibility index (Phi) is 4.70. The second kappa shape index (κ2) is 6.28. The van der Waals surface area contributed by atoms with Gasteiger partial charge >= 0.3 is 0 Å². The van der Waals surface area contributed by atoms with Crippen molar-refractivity contribution in [2.24, 2.45) is 5.92 Å². The Balaban J connectivity index is 2.09. The predicted molar refractivity (Wildman–Crippen MR) is 69.5 cm³/mol. The number of nitrogens with one attached hydrogen (secondary N) is 1. The highest BCUT2D eigenvalue weighted by Gasteiger charge is 2.22. The van der Waals surface area contributed by atoms with Gasteiger partial charge in [0.1, 0.15) is 11.6 Å². The van der Waals surface area contributed by atoms with E-state index in [4.69, 9.17) is 0 Å². The third-order valence-electron chi connectivity index (χ3n) is 3.95. The lowest BCUT2D eigenvalue weighted by molar-refractivity contribution is 0.349. The maximum absolute atomic E-state index is 13.2. The third-order valence-corrected chi connectivity index (χ3v) is 3.95. The van der Waals surface area contributed by atoms with Crippen LogP contribution in [0.5, 0.6) is 0 Å². The SMILES string of the molecule is CNC1CCCCCC1Cc1cc(F)cc(F)c1. The molecule has 0 aromatic heterocycles. The van der Waals surface area contributed by atoms with Gasteiger partial charge in [-0.2, -0.15) is 0 Å². The van der Waals surface area contributed by atoms with Crippen LogP contribution in [-0.2, 0) is 6.42 Å². The highest BCUT2D eigenvalue weighted by atomic mass is 19.1. The van der Waals surface area contributed by atoms with Crippen molar-refractivity contribution >= 4 is 0 Å². The smallest absolute Gasteiger partial charge is 0.126 e. The third kappa shape index (κ3) is 3.52. The summed E-state index contributed by atoms with van der Waals surface area (Å²) in [5.41, 5.74) is 0.777. The number of halogens is 2. The molecule has 2 rings (SSSR count). The lowest BCUT2D eigenvalue weighted by atomic mass is 9.88. The summed E-state index contributed by atoms with van der Waals surface area (Å²) in [6, 6.07) is 4.33. The fourth-order valence-electron chi connectivity index (χ4n) is 3.04. The van der Waals surface area contributed by atoms with Crippen LogP contribution in [0.3, 0.4) is 0 Å². The molecule has 1 aliphatic carbocycles. The van der Waals surface area contributed by atoms with Crippen LogP contribution in [0.2, 0.25) is 0 Å². The van der Waals surface area contributed by atoms with Gasteiger partial charge in [-0.1, -0.05) is 19.3 Å². The molecule has 1 N–H and O–H groups in total. The summed E-state index contributed by atoms with van der Waals surface area (Å²) in [4.78, 5) is 0. The number of hydrogen-bond donors (Lipinski definition) is 1. The summed E-state index contributed by atoms with van der Waals surface area (Å²) in [7, 11) is 1.98. The minimum atomic E-state index is -0.473. The molecule has 1 fully saturated rings. The molecule has 3 heteroatoms. The van der Waals surface area contributed by atoms with Crippen LogP contribution in [0.4, 0.5) is 8.78 Å². The molecule has 2 atom stereocenters. The first kappa shape index (κ1) is 13.5. The quantitative estimate of drug-likeness (QED) is 0.810. The molecule has 0 heterocycles. The summed E-state index contributed by atoms with van der Waals surface area (Å²) in [6.45, 7) is 0. The van der Waals surface area contributed by atoms with Crippen LogP contribution >= 0.6 is 0 Å². The molecular formula is C15H21F2N. The molecule has 0 spiro atoms. The van der Waals surface area contributed by atoms with E-state index in [2.05, 4.69) is 5.32 Å². The maximum Gasteiger partial charge on any atom is 0.126 e. The zero-order valence-corrected chi connectivity index (χ0v) is 10.9. The van der Waals surface area contributed by atoms with Gasteiger partial charge in [0.05, 0.1) is 0 Å². The molecule has 0 saturated heterocycles. The van der Waals surface area contributed by atoms with Crippen LogP contribution in [0.25, 0.3) is 0 Å². The second-order valence-electron chi connectivity index (χ2n) is 5.28. The van der Waals surface area contributed by atoms with Crippen LogP contribution < -0.4 is 5.32 Å². The normalized spacial score (nSPS) is 24.8. The Bertz CT molecular complexity index is 372.